The van der Waals surface area contributed by atoms with E-state index in [-0.39, 0.29) is 0 Å². The first-order chi connectivity index (χ1) is 9.16. The van der Waals surface area contributed by atoms with Gasteiger partial charge in [-0.15, -0.1) is 0 Å². The van der Waals surface area contributed by atoms with Crippen molar-refractivity contribution in [3.63, 3.8) is 0 Å². The van der Waals surface area contributed by atoms with Gasteiger partial charge in [0.2, 0.25) is 0 Å². The lowest BCUT2D eigenvalue weighted by molar-refractivity contribution is -0.140. The Balaban J connectivity index is 1.74. The second-order valence-corrected chi connectivity index (χ2v) is 6.97. The van der Waals surface area contributed by atoms with E-state index in [1.54, 1.807) is 0 Å². The van der Waals surface area contributed by atoms with Crippen LogP contribution in [0.4, 0.5) is 0 Å². The van der Waals surface area contributed by atoms with Crippen molar-refractivity contribution in [3.8, 4) is 0 Å². The highest BCUT2D eigenvalue weighted by Gasteiger charge is 2.46. The number of ketones is 1. The first-order valence-electron chi connectivity index (χ1n) is 8.02. The third-order valence-corrected chi connectivity index (χ3v) is 5.64. The summed E-state index contributed by atoms with van der Waals surface area (Å²) in [5, 5.41) is 0. The number of ether oxygens (including phenoxy) is 1. The van der Waals surface area contributed by atoms with Crippen LogP contribution in [0.1, 0.15) is 39.5 Å². The zero-order valence-electron chi connectivity index (χ0n) is 12.3. The van der Waals surface area contributed by atoms with Gasteiger partial charge in [-0.05, 0) is 37.5 Å². The van der Waals surface area contributed by atoms with E-state index in [1.807, 2.05) is 0 Å². The summed E-state index contributed by atoms with van der Waals surface area (Å²) in [5.41, 5.74) is 0. The van der Waals surface area contributed by atoms with E-state index in [2.05, 4.69) is 18.7 Å². The van der Waals surface area contributed by atoms with Crippen LogP contribution in [0.15, 0.2) is 0 Å². The largest absolute Gasteiger partial charge is 0.379 e. The molecule has 4 unspecified atom stereocenters. The summed E-state index contributed by atoms with van der Waals surface area (Å²) in [4.78, 5) is 15.1. The Labute approximate surface area is 116 Å². The Bertz CT molecular complexity index is 336. The summed E-state index contributed by atoms with van der Waals surface area (Å²) >= 11 is 0. The molecule has 0 spiro atoms. The van der Waals surface area contributed by atoms with Crippen LogP contribution in [-0.2, 0) is 9.53 Å². The van der Waals surface area contributed by atoms with Crippen molar-refractivity contribution in [2.75, 3.05) is 26.3 Å². The number of morpholine rings is 1. The molecule has 108 valence electrons. The van der Waals surface area contributed by atoms with E-state index in [0.717, 1.165) is 57.4 Å². The van der Waals surface area contributed by atoms with Crippen molar-refractivity contribution >= 4 is 5.78 Å². The summed E-state index contributed by atoms with van der Waals surface area (Å²) in [5.74, 6) is 2.76. The Morgan fingerprint density at radius 3 is 2.58 bits per heavy atom. The molecule has 0 aromatic heterocycles. The van der Waals surface area contributed by atoms with Crippen molar-refractivity contribution in [1.29, 1.82) is 0 Å². The van der Waals surface area contributed by atoms with Crippen molar-refractivity contribution in [3.05, 3.63) is 0 Å². The minimum Gasteiger partial charge on any atom is -0.379 e. The number of nitrogens with zero attached hydrogens (tertiary/aromatic N) is 1. The Hall–Kier alpha value is -0.410. The van der Waals surface area contributed by atoms with Crippen LogP contribution >= 0.6 is 0 Å². The van der Waals surface area contributed by atoms with Gasteiger partial charge in [-0.1, -0.05) is 13.8 Å². The highest BCUT2D eigenvalue weighted by atomic mass is 16.5. The van der Waals surface area contributed by atoms with Crippen molar-refractivity contribution in [2.24, 2.45) is 23.7 Å². The van der Waals surface area contributed by atoms with Gasteiger partial charge >= 0.3 is 0 Å². The van der Waals surface area contributed by atoms with Gasteiger partial charge in [0.05, 0.1) is 13.2 Å². The molecule has 1 saturated heterocycles. The number of carbonyl (C=O) groups excluding carboxylic acids is 1. The molecule has 0 N–H and O–H groups in total. The van der Waals surface area contributed by atoms with E-state index in [4.69, 9.17) is 4.74 Å². The fourth-order valence-electron chi connectivity index (χ4n) is 4.39. The molecule has 3 heteroatoms. The van der Waals surface area contributed by atoms with Crippen molar-refractivity contribution in [1.82, 2.24) is 4.90 Å². The summed E-state index contributed by atoms with van der Waals surface area (Å²) in [7, 11) is 0. The third kappa shape index (κ3) is 2.59. The number of hydrogen-bond acceptors (Lipinski definition) is 3. The smallest absolute Gasteiger partial charge is 0.140 e. The maximum Gasteiger partial charge on any atom is 0.140 e. The van der Waals surface area contributed by atoms with E-state index in [1.165, 1.54) is 6.42 Å². The maximum absolute atomic E-state index is 12.6. The molecule has 0 radical (unpaired) electrons. The lowest BCUT2D eigenvalue weighted by Gasteiger charge is -2.48. The van der Waals surface area contributed by atoms with Gasteiger partial charge in [0, 0.05) is 31.0 Å². The second kappa shape index (κ2) is 5.53. The minimum absolute atomic E-state index is 0.318. The summed E-state index contributed by atoms with van der Waals surface area (Å²) in [6.07, 6.45) is 4.64. The quantitative estimate of drug-likeness (QED) is 0.767. The summed E-state index contributed by atoms with van der Waals surface area (Å²) in [6, 6.07) is 0.509. The molecule has 0 aromatic carbocycles. The Morgan fingerprint density at radius 2 is 1.89 bits per heavy atom. The summed E-state index contributed by atoms with van der Waals surface area (Å²) in [6.45, 7) is 8.36. The van der Waals surface area contributed by atoms with Crippen LogP contribution in [0.2, 0.25) is 0 Å². The third-order valence-electron chi connectivity index (χ3n) is 5.64. The lowest BCUT2D eigenvalue weighted by atomic mass is 9.62. The van der Waals surface area contributed by atoms with E-state index in [0.29, 0.717) is 23.7 Å². The Morgan fingerprint density at radius 1 is 1.16 bits per heavy atom. The number of carbonyl (C=O) groups is 1. The van der Waals surface area contributed by atoms with Crippen LogP contribution in [0.5, 0.6) is 0 Å². The molecule has 2 aliphatic carbocycles. The van der Waals surface area contributed by atoms with Gasteiger partial charge < -0.3 is 4.74 Å². The monoisotopic (exact) mass is 265 g/mol. The van der Waals surface area contributed by atoms with Gasteiger partial charge in [-0.2, -0.15) is 0 Å². The van der Waals surface area contributed by atoms with Crippen LogP contribution in [0.25, 0.3) is 0 Å². The predicted octanol–water partition coefficient (Wildman–Crippen LogP) is 2.35. The minimum atomic E-state index is 0.318. The molecule has 3 nitrogen and oxygen atoms in total. The molecule has 4 atom stereocenters. The van der Waals surface area contributed by atoms with Gasteiger partial charge in [-0.25, -0.2) is 0 Å². The molecule has 2 bridgehead atoms. The molecule has 3 rings (SSSR count). The highest BCUT2D eigenvalue weighted by Crippen LogP contribution is 2.44. The molecule has 2 saturated carbocycles. The zero-order chi connectivity index (χ0) is 13.4. The molecule has 19 heavy (non-hydrogen) atoms. The van der Waals surface area contributed by atoms with Gasteiger partial charge in [0.25, 0.3) is 0 Å². The fraction of sp³-hybridized carbons (Fsp3) is 0.938. The van der Waals surface area contributed by atoms with Crippen LogP contribution in [0.3, 0.4) is 0 Å². The number of rotatable bonds is 2. The molecule has 0 amide bonds. The fourth-order valence-corrected chi connectivity index (χ4v) is 4.39. The van der Waals surface area contributed by atoms with Crippen molar-refractivity contribution < 1.29 is 9.53 Å². The first kappa shape index (κ1) is 13.6. The van der Waals surface area contributed by atoms with Gasteiger partial charge in [0.15, 0.2) is 0 Å². The predicted molar refractivity (Wildman–Crippen MR) is 75.0 cm³/mol. The van der Waals surface area contributed by atoms with Crippen LogP contribution in [-0.4, -0.2) is 43.0 Å². The molecular formula is C16H27NO2. The number of fused-ring (bicyclic) bond motifs is 2. The van der Waals surface area contributed by atoms with E-state index >= 15 is 0 Å². The molecule has 1 aliphatic heterocycles. The summed E-state index contributed by atoms with van der Waals surface area (Å²) < 4.78 is 5.45. The molecular weight excluding hydrogens is 238 g/mol. The molecule has 1 heterocycles. The normalized spacial score (nSPS) is 40.7. The zero-order valence-corrected chi connectivity index (χ0v) is 12.3. The molecule has 3 fully saturated rings. The van der Waals surface area contributed by atoms with E-state index < -0.39 is 0 Å². The number of Topliss-reactive ketones (excluding diaryl/α,β-unsaturated/α-hetero) is 1. The standard InChI is InChI=1S/C16H27NO2/c1-11(2)13-9-12-3-4-15(14(10-13)16(12)18)17-5-7-19-8-6-17/h11-15H,3-10H2,1-2H3. The Kier molecular flexibility index (Phi) is 3.95. The second-order valence-electron chi connectivity index (χ2n) is 6.97. The number of hydrogen-bond donors (Lipinski definition) is 0. The lowest BCUT2D eigenvalue weighted by Crippen LogP contribution is -2.54. The molecule has 3 aliphatic rings. The van der Waals surface area contributed by atoms with Gasteiger partial charge in [-0.3, -0.25) is 9.69 Å². The average Bonchev–Trinajstić information content (AvgIpc) is 2.39. The maximum atomic E-state index is 12.6. The molecule has 0 aromatic rings. The first-order valence-corrected chi connectivity index (χ1v) is 8.02. The van der Waals surface area contributed by atoms with Crippen molar-refractivity contribution in [2.45, 2.75) is 45.6 Å². The van der Waals surface area contributed by atoms with Crippen LogP contribution in [0, 0.1) is 23.7 Å². The van der Waals surface area contributed by atoms with Crippen LogP contribution < -0.4 is 0 Å². The van der Waals surface area contributed by atoms with Gasteiger partial charge in [0.1, 0.15) is 5.78 Å². The SMILES string of the molecule is CC(C)C1CC2CCC(N3CCOCC3)C(C1)C2=O. The average molecular weight is 265 g/mol. The highest BCUT2D eigenvalue weighted by molar-refractivity contribution is 5.85. The topological polar surface area (TPSA) is 29.5 Å². The van der Waals surface area contributed by atoms with E-state index in [9.17, 15) is 4.79 Å².